The summed E-state index contributed by atoms with van der Waals surface area (Å²) in [6.45, 7) is 10.6. The summed E-state index contributed by atoms with van der Waals surface area (Å²) < 4.78 is 17.1. The lowest BCUT2D eigenvalue weighted by Crippen LogP contribution is -2.80. The fourth-order valence-electron chi connectivity index (χ4n) is 10.7. The molecule has 1 aliphatic heterocycles. The molecule has 228 valence electrons. The number of allylic oxidation sites excluding steroid dienone is 2. The zero-order valence-corrected chi connectivity index (χ0v) is 25.4. The molecular weight excluding hydrogens is 528 g/mol. The molecule has 0 amide bonds. The average molecular weight is 575 g/mol. The number of esters is 3. The van der Waals surface area contributed by atoms with Gasteiger partial charge in [-0.3, -0.25) is 9.59 Å². The van der Waals surface area contributed by atoms with Crippen molar-refractivity contribution in [2.45, 2.75) is 104 Å². The van der Waals surface area contributed by atoms with E-state index >= 15 is 0 Å². The van der Waals surface area contributed by atoms with Crippen molar-refractivity contribution in [2.75, 3.05) is 13.7 Å². The van der Waals surface area contributed by atoms with Crippen LogP contribution in [0.15, 0.2) is 23.8 Å². The molecule has 0 aromatic rings. The zero-order valence-electron chi connectivity index (χ0n) is 25.4. The van der Waals surface area contributed by atoms with E-state index in [1.54, 1.807) is 13.0 Å². The van der Waals surface area contributed by atoms with Crippen LogP contribution in [0.5, 0.6) is 0 Å². The number of aliphatic hydroxyl groups is 3. The second kappa shape index (κ2) is 9.38. The number of methoxy groups -OCH3 is 1. The van der Waals surface area contributed by atoms with Crippen LogP contribution in [0.1, 0.15) is 80.1 Å². The van der Waals surface area contributed by atoms with Crippen LogP contribution in [0, 0.1) is 38.9 Å². The Labute approximate surface area is 242 Å². The van der Waals surface area contributed by atoms with E-state index in [9.17, 15) is 29.7 Å². The van der Waals surface area contributed by atoms with E-state index in [1.165, 1.54) is 20.1 Å². The fourth-order valence-corrected chi connectivity index (χ4v) is 10.7. The van der Waals surface area contributed by atoms with Gasteiger partial charge < -0.3 is 29.5 Å². The van der Waals surface area contributed by atoms with Gasteiger partial charge in [-0.05, 0) is 69.1 Å². The molecule has 1 heterocycles. The first kappa shape index (κ1) is 30.2. The van der Waals surface area contributed by atoms with Crippen LogP contribution in [0.2, 0.25) is 0 Å². The number of aliphatic hydroxyl groups excluding tert-OH is 2. The molecule has 0 bridgehead atoms. The molecule has 0 radical (unpaired) electrons. The Morgan fingerprint density at radius 1 is 1.15 bits per heavy atom. The van der Waals surface area contributed by atoms with Crippen LogP contribution in [-0.4, -0.2) is 70.9 Å². The molecule has 3 saturated carbocycles. The van der Waals surface area contributed by atoms with Crippen molar-refractivity contribution in [3.05, 3.63) is 23.8 Å². The first-order chi connectivity index (χ1) is 19.0. The molecule has 0 saturated heterocycles. The molecule has 0 unspecified atom stereocenters. The Hall–Kier alpha value is -2.23. The maximum Gasteiger partial charge on any atom is 0.330 e. The number of ether oxygens (including phenoxy) is 3. The second-order valence-electron chi connectivity index (χ2n) is 14.4. The van der Waals surface area contributed by atoms with Crippen molar-refractivity contribution < 1.29 is 43.9 Å². The van der Waals surface area contributed by atoms with Gasteiger partial charge in [0.15, 0.2) is 0 Å². The monoisotopic (exact) mass is 574 g/mol. The molecule has 41 heavy (non-hydrogen) atoms. The number of carbonyl (C=O) groups excluding carboxylic acids is 3. The lowest BCUT2D eigenvalue weighted by molar-refractivity contribution is -0.335. The largest absolute Gasteiger partial charge is 0.468 e. The van der Waals surface area contributed by atoms with E-state index in [4.69, 9.17) is 14.2 Å². The van der Waals surface area contributed by atoms with Crippen LogP contribution in [0.3, 0.4) is 0 Å². The predicted octanol–water partition coefficient (Wildman–Crippen LogP) is 3.24. The van der Waals surface area contributed by atoms with Gasteiger partial charge in [-0.2, -0.15) is 0 Å². The Morgan fingerprint density at radius 2 is 1.83 bits per heavy atom. The first-order valence-corrected chi connectivity index (χ1v) is 14.9. The summed E-state index contributed by atoms with van der Waals surface area (Å²) >= 11 is 0. The lowest BCUT2D eigenvalue weighted by atomic mass is 9.29. The number of carbonyl (C=O) groups is 3. The molecule has 4 aliphatic carbocycles. The highest BCUT2D eigenvalue weighted by atomic mass is 16.6. The van der Waals surface area contributed by atoms with Crippen LogP contribution in [-0.2, 0) is 28.6 Å². The molecule has 0 spiro atoms. The molecule has 9 nitrogen and oxygen atoms in total. The summed E-state index contributed by atoms with van der Waals surface area (Å²) in [4.78, 5) is 39.5. The van der Waals surface area contributed by atoms with Gasteiger partial charge in [0.25, 0.3) is 0 Å². The molecule has 9 heteroatoms. The number of hydrogen-bond acceptors (Lipinski definition) is 9. The van der Waals surface area contributed by atoms with Crippen molar-refractivity contribution in [2.24, 2.45) is 38.9 Å². The van der Waals surface area contributed by atoms with Crippen molar-refractivity contribution in [1.29, 1.82) is 0 Å². The number of fused-ring (bicyclic) bond motifs is 7. The van der Waals surface area contributed by atoms with E-state index in [0.29, 0.717) is 38.5 Å². The Bertz CT molecular complexity index is 1210. The normalized spacial score (nSPS) is 49.5. The number of cyclic esters (lactones) is 1. The van der Waals surface area contributed by atoms with Gasteiger partial charge in [0.1, 0.15) is 24.2 Å². The highest BCUT2D eigenvalue weighted by Crippen LogP contribution is 2.78. The summed E-state index contributed by atoms with van der Waals surface area (Å²) in [5.74, 6) is -2.86. The smallest absolute Gasteiger partial charge is 0.330 e. The molecule has 3 N–H and O–H groups in total. The Morgan fingerprint density at radius 3 is 2.44 bits per heavy atom. The summed E-state index contributed by atoms with van der Waals surface area (Å²) in [7, 11) is 1.35. The van der Waals surface area contributed by atoms with Crippen LogP contribution >= 0.6 is 0 Å². The molecular formula is C32H46O9. The summed E-state index contributed by atoms with van der Waals surface area (Å²) in [5, 5.41) is 36.5. The Balaban J connectivity index is 1.81. The third-order valence-electron chi connectivity index (χ3n) is 12.7. The predicted molar refractivity (Wildman–Crippen MR) is 148 cm³/mol. The van der Waals surface area contributed by atoms with Crippen LogP contribution in [0.4, 0.5) is 0 Å². The zero-order chi connectivity index (χ0) is 30.4. The molecule has 0 aromatic carbocycles. The van der Waals surface area contributed by atoms with Gasteiger partial charge >= 0.3 is 17.9 Å². The van der Waals surface area contributed by atoms with Crippen molar-refractivity contribution in [3.63, 3.8) is 0 Å². The SMILES string of the molecule is COC(=O)[C@@]12CC[C@@]3(C)[C@@H]4C=CC(=O)OC[C@]4([C@H](C)O)[C@@H](O)[C@@H](OC(C)=O)[C@@H]3[C@@]1(C)CC[C@@]1(C)CC=C(C)C[C@]12O. The average Bonchev–Trinajstić information content (AvgIpc) is 3.08. The van der Waals surface area contributed by atoms with Gasteiger partial charge in [0.2, 0.25) is 0 Å². The number of rotatable bonds is 3. The van der Waals surface area contributed by atoms with Crippen LogP contribution in [0.25, 0.3) is 0 Å². The minimum atomic E-state index is -1.46. The third-order valence-corrected chi connectivity index (χ3v) is 12.7. The minimum absolute atomic E-state index is 0.257. The van der Waals surface area contributed by atoms with E-state index in [2.05, 4.69) is 6.08 Å². The van der Waals surface area contributed by atoms with Crippen molar-refractivity contribution in [3.8, 4) is 0 Å². The Kier molecular flexibility index (Phi) is 6.92. The minimum Gasteiger partial charge on any atom is -0.468 e. The maximum absolute atomic E-state index is 14.3. The molecule has 11 atom stereocenters. The van der Waals surface area contributed by atoms with Gasteiger partial charge in [0.05, 0.1) is 24.2 Å². The molecule has 0 aromatic heterocycles. The van der Waals surface area contributed by atoms with E-state index < -0.39 is 80.7 Å². The topological polar surface area (TPSA) is 140 Å². The van der Waals surface area contributed by atoms with Gasteiger partial charge in [0, 0.05) is 24.3 Å². The maximum atomic E-state index is 14.3. The fraction of sp³-hybridized carbons (Fsp3) is 0.781. The summed E-state index contributed by atoms with van der Waals surface area (Å²) in [6.07, 6.45) is 4.28. The van der Waals surface area contributed by atoms with Crippen molar-refractivity contribution in [1.82, 2.24) is 0 Å². The molecule has 5 rings (SSSR count). The van der Waals surface area contributed by atoms with E-state index in [0.717, 1.165) is 5.57 Å². The number of hydrogen-bond donors (Lipinski definition) is 3. The van der Waals surface area contributed by atoms with Crippen LogP contribution < -0.4 is 0 Å². The highest BCUT2D eigenvalue weighted by molar-refractivity contribution is 5.83. The first-order valence-electron chi connectivity index (χ1n) is 14.9. The molecule has 3 fully saturated rings. The van der Waals surface area contributed by atoms with E-state index in [-0.39, 0.29) is 6.61 Å². The lowest BCUT2D eigenvalue weighted by Gasteiger charge is -2.75. The summed E-state index contributed by atoms with van der Waals surface area (Å²) in [6, 6.07) is 0. The highest BCUT2D eigenvalue weighted by Gasteiger charge is 2.82. The quantitative estimate of drug-likeness (QED) is 0.263. The van der Waals surface area contributed by atoms with Crippen molar-refractivity contribution >= 4 is 17.9 Å². The second-order valence-corrected chi connectivity index (χ2v) is 14.4. The van der Waals surface area contributed by atoms with Gasteiger partial charge in [-0.15, -0.1) is 0 Å². The summed E-state index contributed by atoms with van der Waals surface area (Å²) in [5.41, 5.74) is -5.54. The van der Waals surface area contributed by atoms with Gasteiger partial charge in [-0.1, -0.05) is 38.5 Å². The third kappa shape index (κ3) is 3.54. The molecule has 5 aliphatic rings. The van der Waals surface area contributed by atoms with Gasteiger partial charge in [-0.25, -0.2) is 4.79 Å². The van der Waals surface area contributed by atoms with E-state index in [1.807, 2.05) is 27.7 Å². The standard InChI is InChI=1S/C32H46O9/c1-18-10-11-27(4)12-14-29(6)24-23(41-20(3)34)25(36)30(19(2)33)17-40-22(35)9-8-21(30)28(24,5)13-15-31(29,26(37)39-7)32(27,38)16-18/h8-10,19,21,23-25,33,36,38H,11-17H2,1-7H3/t19-,21-,23-,24-,25-,27+,28-,29+,30+,31-,32-/m0/s1.